The molecule has 1 atom stereocenters. The molecule has 1 unspecified atom stereocenters. The van der Waals surface area contributed by atoms with E-state index in [1.807, 2.05) is 6.07 Å². The summed E-state index contributed by atoms with van der Waals surface area (Å²) in [6.07, 6.45) is 3.61. The van der Waals surface area contributed by atoms with Gasteiger partial charge in [-0.15, -0.1) is 0 Å². The van der Waals surface area contributed by atoms with E-state index in [0.29, 0.717) is 34.7 Å². The maximum absolute atomic E-state index is 13.8. The first-order valence-electron chi connectivity index (χ1n) is 9.86. The van der Waals surface area contributed by atoms with Crippen LogP contribution in [0.5, 0.6) is 5.88 Å². The number of methoxy groups -OCH3 is 1. The Hall–Kier alpha value is -3.31. The summed E-state index contributed by atoms with van der Waals surface area (Å²) in [5.41, 5.74) is 2.92. The van der Waals surface area contributed by atoms with E-state index in [1.54, 1.807) is 50.7 Å². The number of rotatable bonds is 3. The molecule has 8 heteroatoms. The topological polar surface area (TPSA) is 65.5 Å². The number of carbonyl (C=O) groups excluding carboxylic acids is 1. The van der Waals surface area contributed by atoms with Gasteiger partial charge in [0.1, 0.15) is 17.2 Å². The number of pyridine rings is 1. The molecular formula is C25H18ClFN2O3S. The van der Waals surface area contributed by atoms with Gasteiger partial charge in [-0.25, -0.2) is 9.37 Å². The molecule has 1 aliphatic heterocycles. The van der Waals surface area contributed by atoms with Crippen LogP contribution in [0.2, 0.25) is 5.02 Å². The smallest absolute Gasteiger partial charge is 0.245 e. The number of ketones is 1. The van der Waals surface area contributed by atoms with E-state index in [0.717, 1.165) is 5.56 Å². The highest BCUT2D eigenvalue weighted by Crippen LogP contribution is 2.35. The molecule has 0 saturated heterocycles. The van der Waals surface area contributed by atoms with Gasteiger partial charge in [-0.05, 0) is 41.5 Å². The SMILES string of the molecule is COc1ccc(CC#Cc2ccc3c(c2)C(=O)/C(=C\c2ccc(Cl)c(F)c2)[S+]([O-])N3C)cn1. The summed E-state index contributed by atoms with van der Waals surface area (Å²) in [5.74, 6) is 5.66. The zero-order valence-corrected chi connectivity index (χ0v) is 19.3. The van der Waals surface area contributed by atoms with Gasteiger partial charge in [0.25, 0.3) is 0 Å². The van der Waals surface area contributed by atoms with Gasteiger partial charge in [0, 0.05) is 30.3 Å². The van der Waals surface area contributed by atoms with Crippen LogP contribution < -0.4 is 9.04 Å². The fraction of sp³-hybridized carbons (Fsp3) is 0.120. The van der Waals surface area contributed by atoms with Crippen molar-refractivity contribution in [3.63, 3.8) is 0 Å². The van der Waals surface area contributed by atoms with Gasteiger partial charge >= 0.3 is 0 Å². The molecular weight excluding hydrogens is 463 g/mol. The van der Waals surface area contributed by atoms with Crippen molar-refractivity contribution in [1.29, 1.82) is 0 Å². The predicted octanol–water partition coefficient (Wildman–Crippen LogP) is 4.81. The lowest BCUT2D eigenvalue weighted by Crippen LogP contribution is -2.36. The Labute approximate surface area is 199 Å². The van der Waals surface area contributed by atoms with Crippen LogP contribution in [-0.4, -0.2) is 29.5 Å². The van der Waals surface area contributed by atoms with Crippen LogP contribution in [0.25, 0.3) is 6.08 Å². The van der Waals surface area contributed by atoms with Crippen molar-refractivity contribution in [2.75, 3.05) is 18.5 Å². The molecule has 1 aromatic heterocycles. The first-order chi connectivity index (χ1) is 15.9. The van der Waals surface area contributed by atoms with Crippen LogP contribution >= 0.6 is 11.6 Å². The number of halogens is 2. The summed E-state index contributed by atoms with van der Waals surface area (Å²) in [5, 5.41) is -0.0238. The monoisotopic (exact) mass is 480 g/mol. The number of hydrogen-bond donors (Lipinski definition) is 0. The third-order valence-corrected chi connectivity index (χ3v) is 6.69. The van der Waals surface area contributed by atoms with E-state index in [4.69, 9.17) is 16.3 Å². The van der Waals surface area contributed by atoms with Crippen molar-refractivity contribution in [1.82, 2.24) is 4.98 Å². The van der Waals surface area contributed by atoms with Gasteiger partial charge in [-0.2, -0.15) is 4.31 Å². The normalized spacial score (nSPS) is 16.3. The fourth-order valence-electron chi connectivity index (χ4n) is 3.27. The third-order valence-electron chi connectivity index (χ3n) is 5.01. The molecule has 0 spiro atoms. The molecule has 4 rings (SSSR count). The van der Waals surface area contributed by atoms with E-state index in [1.165, 1.54) is 22.5 Å². The van der Waals surface area contributed by atoms with E-state index < -0.39 is 17.2 Å². The molecule has 0 N–H and O–H groups in total. The first-order valence-corrected chi connectivity index (χ1v) is 11.3. The highest BCUT2D eigenvalue weighted by molar-refractivity contribution is 7.97. The fourth-order valence-corrected chi connectivity index (χ4v) is 4.53. The van der Waals surface area contributed by atoms with E-state index in [-0.39, 0.29) is 15.7 Å². The number of carbonyl (C=O) groups is 1. The standard InChI is InChI=1S/C25H18ClFN2O3S/c1-29-22-10-7-16(4-3-5-17-8-11-24(32-2)28-15-17)12-19(22)25(30)23(33(29)31)14-18-6-9-20(26)21(27)13-18/h6-15H,5H2,1-2H3/b23-14+. The largest absolute Gasteiger partial charge is 0.588 e. The average Bonchev–Trinajstić information content (AvgIpc) is 2.83. The molecule has 33 heavy (non-hydrogen) atoms. The molecule has 1 aliphatic rings. The Bertz CT molecular complexity index is 1320. The van der Waals surface area contributed by atoms with Crippen molar-refractivity contribution in [2.24, 2.45) is 0 Å². The molecule has 0 radical (unpaired) electrons. The van der Waals surface area contributed by atoms with Crippen molar-refractivity contribution in [3.05, 3.63) is 92.7 Å². The lowest BCUT2D eigenvalue weighted by atomic mass is 10.0. The highest BCUT2D eigenvalue weighted by Gasteiger charge is 2.38. The number of hydrogen-bond acceptors (Lipinski definition) is 5. The van der Waals surface area contributed by atoms with Crippen LogP contribution in [0.15, 0.2) is 59.6 Å². The third kappa shape index (κ3) is 4.88. The Balaban J connectivity index is 1.62. The zero-order chi connectivity index (χ0) is 23.5. The number of aromatic nitrogens is 1. The average molecular weight is 481 g/mol. The minimum Gasteiger partial charge on any atom is -0.588 e. The van der Waals surface area contributed by atoms with Gasteiger partial charge in [-0.1, -0.05) is 35.6 Å². The van der Waals surface area contributed by atoms with Gasteiger partial charge in [0.15, 0.2) is 0 Å². The van der Waals surface area contributed by atoms with Gasteiger partial charge in [0.05, 0.1) is 30.4 Å². The van der Waals surface area contributed by atoms with E-state index >= 15 is 0 Å². The molecule has 0 aliphatic carbocycles. The van der Waals surface area contributed by atoms with Crippen molar-refractivity contribution in [2.45, 2.75) is 6.42 Å². The Morgan fingerprint density at radius 2 is 2.06 bits per heavy atom. The van der Waals surface area contributed by atoms with Gasteiger partial charge in [0.2, 0.25) is 16.6 Å². The van der Waals surface area contributed by atoms with Gasteiger partial charge < -0.3 is 9.29 Å². The number of anilines is 1. The number of benzene rings is 2. The lowest BCUT2D eigenvalue weighted by Gasteiger charge is -2.29. The van der Waals surface area contributed by atoms with Gasteiger partial charge in [-0.3, -0.25) is 4.79 Å². The molecule has 166 valence electrons. The summed E-state index contributed by atoms with van der Waals surface area (Å²) < 4.78 is 33.3. The molecule has 5 nitrogen and oxygen atoms in total. The summed E-state index contributed by atoms with van der Waals surface area (Å²) in [7, 11) is 3.19. The van der Waals surface area contributed by atoms with E-state index in [2.05, 4.69) is 16.8 Å². The number of allylic oxidation sites excluding steroid dienone is 1. The number of ether oxygens (including phenoxy) is 1. The van der Waals surface area contributed by atoms with Crippen molar-refractivity contribution >= 4 is 40.5 Å². The second-order valence-corrected chi connectivity index (χ2v) is 9.07. The second-order valence-electron chi connectivity index (χ2n) is 7.18. The summed E-state index contributed by atoms with van der Waals surface area (Å²) in [6.45, 7) is 0. The summed E-state index contributed by atoms with van der Waals surface area (Å²) >= 11 is 4.00. The maximum atomic E-state index is 13.8. The molecule has 2 heterocycles. The van der Waals surface area contributed by atoms with Crippen molar-refractivity contribution < 1.29 is 18.5 Å². The summed E-state index contributed by atoms with van der Waals surface area (Å²) in [6, 6.07) is 13.0. The molecule has 2 aromatic carbocycles. The zero-order valence-electron chi connectivity index (χ0n) is 17.8. The molecule has 0 fully saturated rings. The minimum atomic E-state index is -1.73. The number of fused-ring (bicyclic) bond motifs is 1. The Morgan fingerprint density at radius 1 is 1.24 bits per heavy atom. The van der Waals surface area contributed by atoms with Crippen LogP contribution in [-0.2, 0) is 17.8 Å². The van der Waals surface area contributed by atoms with Crippen molar-refractivity contribution in [3.8, 4) is 17.7 Å². The second kappa shape index (κ2) is 9.67. The molecule has 3 aromatic rings. The summed E-state index contributed by atoms with van der Waals surface area (Å²) in [4.78, 5) is 17.4. The lowest BCUT2D eigenvalue weighted by molar-refractivity contribution is 0.104. The van der Waals surface area contributed by atoms with Crippen LogP contribution in [0, 0.1) is 17.7 Å². The Morgan fingerprint density at radius 3 is 2.76 bits per heavy atom. The highest BCUT2D eigenvalue weighted by atomic mass is 35.5. The van der Waals surface area contributed by atoms with Crippen LogP contribution in [0.4, 0.5) is 10.1 Å². The number of Topliss-reactive ketones (excluding diaryl/α,β-unsaturated/α-hetero) is 1. The van der Waals surface area contributed by atoms with Crippen LogP contribution in [0.1, 0.15) is 27.0 Å². The molecule has 0 saturated carbocycles. The number of nitrogens with zero attached hydrogens (tertiary/aromatic N) is 2. The first kappa shape index (κ1) is 22.9. The molecule has 0 bridgehead atoms. The molecule has 0 amide bonds. The van der Waals surface area contributed by atoms with E-state index in [9.17, 15) is 13.7 Å². The quantitative estimate of drug-likeness (QED) is 0.305. The van der Waals surface area contributed by atoms with Crippen LogP contribution in [0.3, 0.4) is 0 Å². The minimum absolute atomic E-state index is 0.0238. The Kier molecular flexibility index (Phi) is 6.70. The maximum Gasteiger partial charge on any atom is 0.245 e. The predicted molar refractivity (Wildman–Crippen MR) is 128 cm³/mol.